The van der Waals surface area contributed by atoms with Crippen LogP contribution in [0.15, 0.2) is 18.3 Å². The highest BCUT2D eigenvalue weighted by Gasteiger charge is 2.13. The number of anilines is 1. The molecule has 1 rings (SSSR count). The van der Waals surface area contributed by atoms with E-state index < -0.39 is 0 Å². The summed E-state index contributed by atoms with van der Waals surface area (Å²) in [5, 5.41) is 0. The standard InChI is InChI=1S/C11H18FN3/c1-3-15(8-9(2)7-13)11-10(12)5-4-6-14-11/h4-6,9H,3,7-8,13H2,1-2H3. The summed E-state index contributed by atoms with van der Waals surface area (Å²) in [4.78, 5) is 5.96. The number of hydrogen-bond acceptors (Lipinski definition) is 3. The summed E-state index contributed by atoms with van der Waals surface area (Å²) in [5.74, 6) is 0.482. The van der Waals surface area contributed by atoms with Gasteiger partial charge in [0, 0.05) is 19.3 Å². The van der Waals surface area contributed by atoms with Gasteiger partial charge in [0.05, 0.1) is 0 Å². The third-order valence-corrected chi connectivity index (χ3v) is 2.35. The molecular weight excluding hydrogens is 193 g/mol. The maximum absolute atomic E-state index is 13.4. The van der Waals surface area contributed by atoms with Crippen LogP contribution in [0.25, 0.3) is 0 Å². The van der Waals surface area contributed by atoms with Crippen molar-refractivity contribution in [2.24, 2.45) is 11.7 Å². The van der Waals surface area contributed by atoms with E-state index in [0.29, 0.717) is 18.3 Å². The molecule has 4 heteroatoms. The van der Waals surface area contributed by atoms with Gasteiger partial charge in [0.1, 0.15) is 0 Å². The third-order valence-electron chi connectivity index (χ3n) is 2.35. The van der Waals surface area contributed by atoms with Crippen molar-refractivity contribution in [1.82, 2.24) is 4.98 Å². The van der Waals surface area contributed by atoms with Crippen LogP contribution >= 0.6 is 0 Å². The molecule has 1 aromatic rings. The number of halogens is 1. The molecular formula is C11H18FN3. The van der Waals surface area contributed by atoms with E-state index in [0.717, 1.165) is 13.1 Å². The van der Waals surface area contributed by atoms with E-state index in [1.54, 1.807) is 12.3 Å². The molecule has 0 aliphatic carbocycles. The fourth-order valence-electron chi connectivity index (χ4n) is 1.43. The second kappa shape index (κ2) is 5.66. The minimum atomic E-state index is -0.274. The summed E-state index contributed by atoms with van der Waals surface area (Å²) in [6.45, 7) is 6.10. The van der Waals surface area contributed by atoms with Gasteiger partial charge in [-0.2, -0.15) is 0 Å². The lowest BCUT2D eigenvalue weighted by molar-refractivity contribution is 0.554. The highest BCUT2D eigenvalue weighted by atomic mass is 19.1. The largest absolute Gasteiger partial charge is 0.354 e. The molecule has 0 amide bonds. The zero-order valence-electron chi connectivity index (χ0n) is 9.28. The Kier molecular flexibility index (Phi) is 4.49. The molecule has 0 aliphatic heterocycles. The molecule has 84 valence electrons. The molecule has 1 atom stereocenters. The summed E-state index contributed by atoms with van der Waals surface area (Å²) in [6, 6.07) is 3.02. The summed E-state index contributed by atoms with van der Waals surface area (Å²) in [5.41, 5.74) is 5.55. The van der Waals surface area contributed by atoms with E-state index in [1.165, 1.54) is 6.07 Å². The van der Waals surface area contributed by atoms with E-state index in [9.17, 15) is 4.39 Å². The van der Waals surface area contributed by atoms with Gasteiger partial charge in [-0.3, -0.25) is 0 Å². The van der Waals surface area contributed by atoms with Gasteiger partial charge >= 0.3 is 0 Å². The van der Waals surface area contributed by atoms with E-state index >= 15 is 0 Å². The van der Waals surface area contributed by atoms with Gasteiger partial charge in [0.25, 0.3) is 0 Å². The van der Waals surface area contributed by atoms with Crippen molar-refractivity contribution in [2.75, 3.05) is 24.5 Å². The summed E-state index contributed by atoms with van der Waals surface area (Å²) in [6.07, 6.45) is 1.61. The highest BCUT2D eigenvalue weighted by Crippen LogP contribution is 2.15. The Hall–Kier alpha value is -1.16. The SMILES string of the molecule is CCN(CC(C)CN)c1ncccc1F. The monoisotopic (exact) mass is 211 g/mol. The van der Waals surface area contributed by atoms with Crippen LogP contribution in [0.3, 0.4) is 0 Å². The van der Waals surface area contributed by atoms with Gasteiger partial charge in [-0.05, 0) is 31.5 Å². The molecule has 0 spiro atoms. The molecule has 0 aliphatic rings. The van der Waals surface area contributed by atoms with Gasteiger partial charge in [-0.1, -0.05) is 6.92 Å². The van der Waals surface area contributed by atoms with E-state index in [2.05, 4.69) is 4.98 Å². The molecule has 0 fully saturated rings. The molecule has 0 saturated heterocycles. The molecule has 0 radical (unpaired) electrons. The van der Waals surface area contributed by atoms with Crippen molar-refractivity contribution in [3.05, 3.63) is 24.1 Å². The van der Waals surface area contributed by atoms with Crippen molar-refractivity contribution in [1.29, 1.82) is 0 Å². The minimum absolute atomic E-state index is 0.274. The van der Waals surface area contributed by atoms with E-state index in [4.69, 9.17) is 5.73 Å². The predicted molar refractivity (Wildman–Crippen MR) is 60.3 cm³/mol. The number of nitrogens with two attached hydrogens (primary N) is 1. The number of aromatic nitrogens is 1. The first kappa shape index (κ1) is 11.9. The quantitative estimate of drug-likeness (QED) is 0.805. The van der Waals surface area contributed by atoms with Crippen LogP contribution in [0.2, 0.25) is 0 Å². The summed E-state index contributed by atoms with van der Waals surface area (Å²) >= 11 is 0. The van der Waals surface area contributed by atoms with Crippen LogP contribution in [0.4, 0.5) is 10.2 Å². The minimum Gasteiger partial charge on any atom is -0.354 e. The van der Waals surface area contributed by atoms with E-state index in [1.807, 2.05) is 18.7 Å². The van der Waals surface area contributed by atoms with Gasteiger partial charge in [0.2, 0.25) is 0 Å². The smallest absolute Gasteiger partial charge is 0.165 e. The first-order valence-corrected chi connectivity index (χ1v) is 5.24. The maximum atomic E-state index is 13.4. The van der Waals surface area contributed by atoms with Crippen LogP contribution in [0.5, 0.6) is 0 Å². The Labute approximate surface area is 90.1 Å². The Bertz CT molecular complexity index is 304. The Morgan fingerprint density at radius 3 is 2.87 bits per heavy atom. The van der Waals surface area contributed by atoms with Crippen molar-refractivity contribution < 1.29 is 4.39 Å². The first-order valence-electron chi connectivity index (χ1n) is 5.24. The molecule has 0 saturated carbocycles. The molecule has 15 heavy (non-hydrogen) atoms. The second-order valence-electron chi connectivity index (χ2n) is 3.69. The Morgan fingerprint density at radius 2 is 2.33 bits per heavy atom. The number of nitrogens with zero attached hydrogens (tertiary/aromatic N) is 2. The summed E-state index contributed by atoms with van der Waals surface area (Å²) in [7, 11) is 0. The summed E-state index contributed by atoms with van der Waals surface area (Å²) < 4.78 is 13.4. The zero-order chi connectivity index (χ0) is 11.3. The molecule has 0 aromatic carbocycles. The number of rotatable bonds is 5. The lowest BCUT2D eigenvalue weighted by Gasteiger charge is -2.25. The number of pyridine rings is 1. The molecule has 1 heterocycles. The average Bonchev–Trinajstić information content (AvgIpc) is 2.26. The normalized spacial score (nSPS) is 12.5. The van der Waals surface area contributed by atoms with Crippen molar-refractivity contribution in [3.63, 3.8) is 0 Å². The Balaban J connectivity index is 2.78. The average molecular weight is 211 g/mol. The van der Waals surface area contributed by atoms with Gasteiger partial charge in [-0.25, -0.2) is 9.37 Å². The number of hydrogen-bond donors (Lipinski definition) is 1. The fourth-order valence-corrected chi connectivity index (χ4v) is 1.43. The van der Waals surface area contributed by atoms with Crippen molar-refractivity contribution in [3.8, 4) is 0 Å². The third kappa shape index (κ3) is 3.16. The first-order chi connectivity index (χ1) is 7.19. The van der Waals surface area contributed by atoms with Crippen LogP contribution in [-0.4, -0.2) is 24.6 Å². The van der Waals surface area contributed by atoms with Crippen LogP contribution in [0, 0.1) is 11.7 Å². The zero-order valence-corrected chi connectivity index (χ0v) is 9.28. The molecule has 1 unspecified atom stereocenters. The molecule has 0 bridgehead atoms. The van der Waals surface area contributed by atoms with Crippen LogP contribution < -0.4 is 10.6 Å². The lowest BCUT2D eigenvalue weighted by Crippen LogP contribution is -2.32. The van der Waals surface area contributed by atoms with E-state index in [-0.39, 0.29) is 5.82 Å². The highest BCUT2D eigenvalue weighted by molar-refractivity contribution is 5.39. The van der Waals surface area contributed by atoms with Gasteiger partial charge in [-0.15, -0.1) is 0 Å². The van der Waals surface area contributed by atoms with Crippen molar-refractivity contribution >= 4 is 5.82 Å². The fraction of sp³-hybridized carbons (Fsp3) is 0.545. The topological polar surface area (TPSA) is 42.1 Å². The van der Waals surface area contributed by atoms with Crippen molar-refractivity contribution in [2.45, 2.75) is 13.8 Å². The molecule has 3 nitrogen and oxygen atoms in total. The van der Waals surface area contributed by atoms with Crippen LogP contribution in [-0.2, 0) is 0 Å². The van der Waals surface area contributed by atoms with Gasteiger partial charge < -0.3 is 10.6 Å². The maximum Gasteiger partial charge on any atom is 0.165 e. The predicted octanol–water partition coefficient (Wildman–Crippen LogP) is 1.64. The van der Waals surface area contributed by atoms with Crippen LogP contribution in [0.1, 0.15) is 13.8 Å². The second-order valence-corrected chi connectivity index (χ2v) is 3.69. The lowest BCUT2D eigenvalue weighted by atomic mass is 10.1. The Morgan fingerprint density at radius 1 is 1.60 bits per heavy atom. The molecule has 2 N–H and O–H groups in total. The molecule has 1 aromatic heterocycles. The van der Waals surface area contributed by atoms with Gasteiger partial charge in [0.15, 0.2) is 11.6 Å².